The number of amides is 1. The lowest BCUT2D eigenvalue weighted by atomic mass is 9.86. The SMILES string of the molecule is Cc1ccc2c(=O)cc(C(=O)NC[C@@H](c3ccc(C(C)(C)C)cc3)N3CCCC3)oc2c1. The number of fused-ring (bicyclic) bond motifs is 1. The van der Waals surface area contributed by atoms with Crippen molar-refractivity contribution in [1.82, 2.24) is 10.2 Å². The molecule has 1 saturated heterocycles. The van der Waals surface area contributed by atoms with Crippen LogP contribution in [0.1, 0.15) is 66.9 Å². The minimum atomic E-state index is -0.360. The van der Waals surface area contributed by atoms with E-state index in [2.05, 4.69) is 55.3 Å². The standard InChI is InChI=1S/C27H32N2O3/c1-18-7-12-21-23(30)16-25(32-24(21)15-18)26(31)28-17-22(29-13-5-6-14-29)19-8-10-20(11-9-19)27(2,3)4/h7-12,15-16,22H,5-6,13-14,17H2,1-4H3,(H,28,31)/t22-/m0/s1. The molecule has 1 fully saturated rings. The monoisotopic (exact) mass is 432 g/mol. The van der Waals surface area contributed by atoms with Crippen LogP contribution >= 0.6 is 0 Å². The van der Waals surface area contributed by atoms with Crippen LogP contribution in [-0.2, 0) is 5.41 Å². The minimum absolute atomic E-state index is 0.0522. The van der Waals surface area contributed by atoms with Gasteiger partial charge in [0.2, 0.25) is 0 Å². The van der Waals surface area contributed by atoms with Crippen molar-refractivity contribution in [1.29, 1.82) is 0 Å². The topological polar surface area (TPSA) is 62.6 Å². The van der Waals surface area contributed by atoms with E-state index >= 15 is 0 Å². The van der Waals surface area contributed by atoms with Gasteiger partial charge in [-0.25, -0.2) is 0 Å². The zero-order valence-electron chi connectivity index (χ0n) is 19.4. The molecule has 32 heavy (non-hydrogen) atoms. The van der Waals surface area contributed by atoms with Crippen molar-refractivity contribution in [3.63, 3.8) is 0 Å². The zero-order chi connectivity index (χ0) is 22.9. The molecule has 1 N–H and O–H groups in total. The molecule has 0 bridgehead atoms. The molecule has 0 aliphatic carbocycles. The van der Waals surface area contributed by atoms with Crippen molar-refractivity contribution < 1.29 is 9.21 Å². The number of nitrogens with one attached hydrogen (secondary N) is 1. The molecule has 5 nitrogen and oxygen atoms in total. The molecule has 168 valence electrons. The van der Waals surface area contributed by atoms with Gasteiger partial charge in [0, 0.05) is 12.6 Å². The third kappa shape index (κ3) is 4.78. The largest absolute Gasteiger partial charge is 0.451 e. The summed E-state index contributed by atoms with van der Waals surface area (Å²) in [5, 5.41) is 3.50. The van der Waals surface area contributed by atoms with Crippen molar-refractivity contribution in [3.8, 4) is 0 Å². The lowest BCUT2D eigenvalue weighted by molar-refractivity contribution is 0.0910. The van der Waals surface area contributed by atoms with Gasteiger partial charge in [-0.1, -0.05) is 51.1 Å². The first kappa shape index (κ1) is 22.3. The molecule has 0 radical (unpaired) electrons. The van der Waals surface area contributed by atoms with Gasteiger partial charge in [0.1, 0.15) is 5.58 Å². The fourth-order valence-electron chi connectivity index (χ4n) is 4.37. The summed E-state index contributed by atoms with van der Waals surface area (Å²) >= 11 is 0. The fraction of sp³-hybridized carbons (Fsp3) is 0.407. The summed E-state index contributed by atoms with van der Waals surface area (Å²) in [6, 6.07) is 15.5. The van der Waals surface area contributed by atoms with E-state index < -0.39 is 0 Å². The fourth-order valence-corrected chi connectivity index (χ4v) is 4.37. The zero-order valence-corrected chi connectivity index (χ0v) is 19.4. The Morgan fingerprint density at radius 2 is 1.75 bits per heavy atom. The minimum Gasteiger partial charge on any atom is -0.451 e. The lowest BCUT2D eigenvalue weighted by Crippen LogP contribution is -2.37. The molecule has 1 aliphatic rings. The van der Waals surface area contributed by atoms with Crippen LogP contribution in [0, 0.1) is 6.92 Å². The van der Waals surface area contributed by atoms with Crippen LogP contribution < -0.4 is 10.7 Å². The number of rotatable bonds is 5. The van der Waals surface area contributed by atoms with Gasteiger partial charge in [-0.3, -0.25) is 14.5 Å². The van der Waals surface area contributed by atoms with Crippen molar-refractivity contribution >= 4 is 16.9 Å². The van der Waals surface area contributed by atoms with Gasteiger partial charge in [-0.2, -0.15) is 0 Å². The maximum Gasteiger partial charge on any atom is 0.287 e. The van der Waals surface area contributed by atoms with E-state index in [0.29, 0.717) is 17.5 Å². The quantitative estimate of drug-likeness (QED) is 0.619. The van der Waals surface area contributed by atoms with Crippen LogP contribution in [0.15, 0.2) is 57.7 Å². The maximum absolute atomic E-state index is 12.9. The molecule has 1 amide bonds. The molecule has 3 aromatic rings. The highest BCUT2D eigenvalue weighted by molar-refractivity contribution is 5.93. The van der Waals surface area contributed by atoms with E-state index in [1.54, 1.807) is 12.1 Å². The second-order valence-corrected chi connectivity index (χ2v) is 9.82. The first-order valence-corrected chi connectivity index (χ1v) is 11.4. The van der Waals surface area contributed by atoms with E-state index in [1.807, 2.05) is 13.0 Å². The Bertz CT molecular complexity index is 1170. The Morgan fingerprint density at radius 1 is 1.06 bits per heavy atom. The van der Waals surface area contributed by atoms with Gasteiger partial charge in [-0.05, 0) is 67.1 Å². The Kier molecular flexibility index (Phi) is 6.20. The van der Waals surface area contributed by atoms with Gasteiger partial charge < -0.3 is 9.73 Å². The highest BCUT2D eigenvalue weighted by Gasteiger charge is 2.25. The van der Waals surface area contributed by atoms with E-state index in [1.165, 1.54) is 30.0 Å². The van der Waals surface area contributed by atoms with E-state index in [4.69, 9.17) is 4.42 Å². The second-order valence-electron chi connectivity index (χ2n) is 9.82. The van der Waals surface area contributed by atoms with Crippen LogP contribution in [0.4, 0.5) is 0 Å². The number of benzene rings is 2. The van der Waals surface area contributed by atoms with Crippen molar-refractivity contribution in [3.05, 3.63) is 81.2 Å². The summed E-state index contributed by atoms with van der Waals surface area (Å²) in [6.07, 6.45) is 2.34. The average Bonchev–Trinajstić information content (AvgIpc) is 3.27. The number of aryl methyl sites for hydroxylation is 1. The Hall–Kier alpha value is -2.92. The first-order chi connectivity index (χ1) is 15.2. The first-order valence-electron chi connectivity index (χ1n) is 11.4. The van der Waals surface area contributed by atoms with Gasteiger partial charge in [0.25, 0.3) is 5.91 Å². The molecule has 4 rings (SSSR count). The summed E-state index contributed by atoms with van der Waals surface area (Å²) in [4.78, 5) is 27.8. The highest BCUT2D eigenvalue weighted by atomic mass is 16.3. The van der Waals surface area contributed by atoms with Crippen LogP contribution in [0.5, 0.6) is 0 Å². The number of likely N-dealkylation sites (tertiary alicyclic amines) is 1. The summed E-state index contributed by atoms with van der Waals surface area (Å²) < 4.78 is 5.78. The second kappa shape index (κ2) is 8.91. The smallest absolute Gasteiger partial charge is 0.287 e. The van der Waals surface area contributed by atoms with Crippen molar-refractivity contribution in [2.45, 2.75) is 52.0 Å². The number of hydrogen-bond acceptors (Lipinski definition) is 4. The van der Waals surface area contributed by atoms with Crippen LogP contribution in [-0.4, -0.2) is 30.4 Å². The predicted octanol–water partition coefficient (Wildman–Crippen LogP) is 4.97. The summed E-state index contributed by atoms with van der Waals surface area (Å²) in [7, 11) is 0. The van der Waals surface area contributed by atoms with Crippen LogP contribution in [0.3, 0.4) is 0 Å². The molecule has 1 aromatic heterocycles. The molecule has 0 saturated carbocycles. The van der Waals surface area contributed by atoms with Gasteiger partial charge >= 0.3 is 0 Å². The number of carbonyl (C=O) groups excluding carboxylic acids is 1. The average molecular weight is 433 g/mol. The number of hydrogen-bond donors (Lipinski definition) is 1. The third-order valence-corrected chi connectivity index (χ3v) is 6.31. The molecular weight excluding hydrogens is 400 g/mol. The van der Waals surface area contributed by atoms with Gasteiger partial charge in [0.15, 0.2) is 11.2 Å². The molecular formula is C27H32N2O3. The van der Waals surface area contributed by atoms with E-state index in [0.717, 1.165) is 18.7 Å². The normalized spacial score (nSPS) is 15.8. The molecule has 1 atom stereocenters. The lowest BCUT2D eigenvalue weighted by Gasteiger charge is -2.29. The van der Waals surface area contributed by atoms with Crippen LogP contribution in [0.2, 0.25) is 0 Å². The Labute approximate surface area is 189 Å². The number of carbonyl (C=O) groups is 1. The molecule has 0 spiro atoms. The maximum atomic E-state index is 12.9. The van der Waals surface area contributed by atoms with E-state index in [9.17, 15) is 9.59 Å². The van der Waals surface area contributed by atoms with E-state index in [-0.39, 0.29) is 28.6 Å². The predicted molar refractivity (Wildman–Crippen MR) is 128 cm³/mol. The summed E-state index contributed by atoms with van der Waals surface area (Å²) in [5.41, 5.74) is 3.80. The Balaban J connectivity index is 1.55. The molecule has 2 heterocycles. The van der Waals surface area contributed by atoms with Crippen molar-refractivity contribution in [2.24, 2.45) is 0 Å². The van der Waals surface area contributed by atoms with Crippen molar-refractivity contribution in [2.75, 3.05) is 19.6 Å². The van der Waals surface area contributed by atoms with Gasteiger partial charge in [-0.15, -0.1) is 0 Å². The number of nitrogens with zero attached hydrogens (tertiary/aromatic N) is 1. The summed E-state index contributed by atoms with van der Waals surface area (Å²) in [6.45, 7) is 11.1. The third-order valence-electron chi connectivity index (χ3n) is 6.31. The molecule has 5 heteroatoms. The van der Waals surface area contributed by atoms with Crippen LogP contribution in [0.25, 0.3) is 11.0 Å². The molecule has 0 unspecified atom stereocenters. The summed E-state index contributed by atoms with van der Waals surface area (Å²) in [5.74, 6) is -0.308. The molecule has 1 aliphatic heterocycles. The molecule has 2 aromatic carbocycles. The van der Waals surface area contributed by atoms with Gasteiger partial charge in [0.05, 0.1) is 11.4 Å². The highest BCUT2D eigenvalue weighted by Crippen LogP contribution is 2.28. The Morgan fingerprint density at radius 3 is 2.41 bits per heavy atom.